The predicted octanol–water partition coefficient (Wildman–Crippen LogP) is 4.63. The molecule has 0 amide bonds. The second-order valence-corrected chi connectivity index (χ2v) is 6.30. The summed E-state index contributed by atoms with van der Waals surface area (Å²) in [4.78, 5) is 6.59. The van der Waals surface area contributed by atoms with Crippen LogP contribution < -0.4 is 4.74 Å². The molecule has 2 aromatic carbocycles. The van der Waals surface area contributed by atoms with Crippen molar-refractivity contribution in [1.82, 2.24) is 4.90 Å². The molecule has 2 rings (SSSR count). The molecule has 0 aliphatic heterocycles. The van der Waals surface area contributed by atoms with Gasteiger partial charge in [0.25, 0.3) is 0 Å². The molecule has 2 aromatic rings. The standard InChI is InChI=1S/C21H28N2O2/c1-5-23(4)15-22-20-12-17(3)21(13-16(20)2)25-19-10-6-8-18(14-19)9-7-11-24/h6,8,10,12-15,24H,5,7,9,11H2,1-4H3/b22-15+. The molecular weight excluding hydrogens is 312 g/mol. The molecule has 0 aliphatic carbocycles. The fraction of sp³-hybridized carbons (Fsp3) is 0.381. The number of hydrogen-bond acceptors (Lipinski definition) is 3. The third-order valence-corrected chi connectivity index (χ3v) is 4.14. The molecule has 0 aromatic heterocycles. The smallest absolute Gasteiger partial charge is 0.130 e. The Morgan fingerprint density at radius 3 is 2.68 bits per heavy atom. The van der Waals surface area contributed by atoms with E-state index in [-0.39, 0.29) is 6.61 Å². The van der Waals surface area contributed by atoms with Crippen LogP contribution in [-0.4, -0.2) is 36.5 Å². The van der Waals surface area contributed by atoms with Crippen molar-refractivity contribution >= 4 is 12.0 Å². The summed E-state index contributed by atoms with van der Waals surface area (Å²) >= 11 is 0. The molecule has 0 saturated carbocycles. The lowest BCUT2D eigenvalue weighted by Gasteiger charge is -2.13. The molecular formula is C21H28N2O2. The van der Waals surface area contributed by atoms with Crippen molar-refractivity contribution in [2.24, 2.45) is 4.99 Å². The summed E-state index contributed by atoms with van der Waals surface area (Å²) < 4.78 is 6.09. The van der Waals surface area contributed by atoms with E-state index in [4.69, 9.17) is 9.84 Å². The van der Waals surface area contributed by atoms with Crippen molar-refractivity contribution in [3.8, 4) is 11.5 Å². The first kappa shape index (κ1) is 19.0. The van der Waals surface area contributed by atoms with Crippen LogP contribution in [-0.2, 0) is 6.42 Å². The summed E-state index contributed by atoms with van der Waals surface area (Å²) in [5.41, 5.74) is 4.27. The van der Waals surface area contributed by atoms with Gasteiger partial charge < -0.3 is 14.7 Å². The van der Waals surface area contributed by atoms with Crippen molar-refractivity contribution in [2.45, 2.75) is 33.6 Å². The van der Waals surface area contributed by atoms with Crippen LogP contribution in [0.1, 0.15) is 30.0 Å². The second-order valence-electron chi connectivity index (χ2n) is 6.30. The molecule has 0 heterocycles. The summed E-state index contributed by atoms with van der Waals surface area (Å²) in [6, 6.07) is 12.1. The van der Waals surface area contributed by atoms with Gasteiger partial charge in [0.05, 0.1) is 12.0 Å². The zero-order valence-electron chi connectivity index (χ0n) is 15.6. The quantitative estimate of drug-likeness (QED) is 0.563. The highest BCUT2D eigenvalue weighted by molar-refractivity contribution is 5.64. The van der Waals surface area contributed by atoms with Crippen LogP contribution in [0.5, 0.6) is 11.5 Å². The number of nitrogens with zero attached hydrogens (tertiary/aromatic N) is 2. The van der Waals surface area contributed by atoms with E-state index in [9.17, 15) is 0 Å². The third kappa shape index (κ3) is 5.61. The van der Waals surface area contributed by atoms with Gasteiger partial charge in [0.1, 0.15) is 11.5 Å². The molecule has 25 heavy (non-hydrogen) atoms. The monoisotopic (exact) mass is 340 g/mol. The van der Waals surface area contributed by atoms with E-state index < -0.39 is 0 Å². The first-order chi connectivity index (χ1) is 12.0. The highest BCUT2D eigenvalue weighted by atomic mass is 16.5. The maximum atomic E-state index is 8.97. The molecule has 0 bridgehead atoms. The van der Waals surface area contributed by atoms with Crippen molar-refractivity contribution < 1.29 is 9.84 Å². The van der Waals surface area contributed by atoms with Crippen LogP contribution >= 0.6 is 0 Å². The van der Waals surface area contributed by atoms with E-state index in [1.807, 2.05) is 56.4 Å². The molecule has 134 valence electrons. The molecule has 0 radical (unpaired) electrons. The van der Waals surface area contributed by atoms with Gasteiger partial charge >= 0.3 is 0 Å². The first-order valence-electron chi connectivity index (χ1n) is 8.76. The maximum Gasteiger partial charge on any atom is 0.130 e. The number of ether oxygens (including phenoxy) is 1. The van der Waals surface area contributed by atoms with E-state index in [0.29, 0.717) is 0 Å². The highest BCUT2D eigenvalue weighted by Crippen LogP contribution is 2.31. The van der Waals surface area contributed by atoms with Gasteiger partial charge in [-0.2, -0.15) is 0 Å². The lowest BCUT2D eigenvalue weighted by atomic mass is 10.1. The molecule has 0 spiro atoms. The molecule has 4 heteroatoms. The van der Waals surface area contributed by atoms with Crippen molar-refractivity contribution in [1.29, 1.82) is 0 Å². The zero-order chi connectivity index (χ0) is 18.2. The normalized spacial score (nSPS) is 11.1. The SMILES string of the molecule is CCN(C)/C=N/c1cc(C)c(Oc2cccc(CCCO)c2)cc1C. The number of aliphatic hydroxyl groups excluding tert-OH is 1. The number of hydrogen-bond donors (Lipinski definition) is 1. The number of rotatable bonds is 8. The Labute approximate surface area is 150 Å². The Balaban J connectivity index is 2.18. The van der Waals surface area contributed by atoms with Gasteiger partial charge in [-0.05, 0) is 74.6 Å². The molecule has 0 fully saturated rings. The summed E-state index contributed by atoms with van der Waals surface area (Å²) in [7, 11) is 2.01. The van der Waals surface area contributed by atoms with Crippen LogP contribution in [0.25, 0.3) is 0 Å². The minimum Gasteiger partial charge on any atom is -0.457 e. The molecule has 4 nitrogen and oxygen atoms in total. The average Bonchev–Trinajstić information content (AvgIpc) is 2.61. The molecule has 1 N–H and O–H groups in total. The maximum absolute atomic E-state index is 8.97. The lowest BCUT2D eigenvalue weighted by molar-refractivity contribution is 0.288. The number of aliphatic hydroxyl groups is 1. The zero-order valence-corrected chi connectivity index (χ0v) is 15.6. The van der Waals surface area contributed by atoms with E-state index in [2.05, 4.69) is 24.0 Å². The molecule has 0 atom stereocenters. The van der Waals surface area contributed by atoms with Gasteiger partial charge in [-0.25, -0.2) is 4.99 Å². The van der Waals surface area contributed by atoms with Gasteiger partial charge in [0.2, 0.25) is 0 Å². The Hall–Kier alpha value is -2.33. The minimum atomic E-state index is 0.207. The molecule has 0 saturated heterocycles. The van der Waals surface area contributed by atoms with Gasteiger partial charge in [0, 0.05) is 20.2 Å². The summed E-state index contributed by atoms with van der Waals surface area (Å²) in [5, 5.41) is 8.97. The van der Waals surface area contributed by atoms with Crippen LogP contribution in [0.2, 0.25) is 0 Å². The number of aryl methyl sites for hydroxylation is 3. The highest BCUT2D eigenvalue weighted by Gasteiger charge is 2.07. The predicted molar refractivity (Wildman–Crippen MR) is 104 cm³/mol. The number of aliphatic imine (C=N–C) groups is 1. The van der Waals surface area contributed by atoms with Crippen molar-refractivity contribution in [3.63, 3.8) is 0 Å². The second kappa shape index (κ2) is 9.23. The molecule has 0 aliphatic rings. The lowest BCUT2D eigenvalue weighted by Crippen LogP contribution is -2.14. The van der Waals surface area contributed by atoms with Gasteiger partial charge in [-0.3, -0.25) is 0 Å². The van der Waals surface area contributed by atoms with E-state index >= 15 is 0 Å². The van der Waals surface area contributed by atoms with Gasteiger partial charge in [0.15, 0.2) is 0 Å². The Kier molecular flexibility index (Phi) is 7.02. The Morgan fingerprint density at radius 1 is 1.16 bits per heavy atom. The van der Waals surface area contributed by atoms with E-state index in [0.717, 1.165) is 47.7 Å². The number of benzene rings is 2. The van der Waals surface area contributed by atoms with E-state index in [1.165, 1.54) is 5.56 Å². The first-order valence-corrected chi connectivity index (χ1v) is 8.76. The third-order valence-electron chi connectivity index (χ3n) is 4.14. The van der Waals surface area contributed by atoms with Crippen molar-refractivity contribution in [2.75, 3.05) is 20.2 Å². The fourth-order valence-corrected chi connectivity index (χ4v) is 2.44. The van der Waals surface area contributed by atoms with Gasteiger partial charge in [-0.15, -0.1) is 0 Å². The molecule has 0 unspecified atom stereocenters. The Morgan fingerprint density at radius 2 is 1.96 bits per heavy atom. The largest absolute Gasteiger partial charge is 0.457 e. The Bertz CT molecular complexity index is 726. The summed E-state index contributed by atoms with van der Waals surface area (Å²) in [6.45, 7) is 7.30. The van der Waals surface area contributed by atoms with Crippen molar-refractivity contribution in [3.05, 3.63) is 53.1 Å². The van der Waals surface area contributed by atoms with E-state index in [1.54, 1.807) is 0 Å². The minimum absolute atomic E-state index is 0.207. The topological polar surface area (TPSA) is 45.1 Å². The summed E-state index contributed by atoms with van der Waals surface area (Å²) in [5.74, 6) is 1.67. The average molecular weight is 340 g/mol. The van der Waals surface area contributed by atoms with Crippen LogP contribution in [0.15, 0.2) is 41.4 Å². The van der Waals surface area contributed by atoms with Gasteiger partial charge in [-0.1, -0.05) is 12.1 Å². The summed E-state index contributed by atoms with van der Waals surface area (Å²) in [6.07, 6.45) is 3.47. The van der Waals surface area contributed by atoms with Crippen LogP contribution in [0.4, 0.5) is 5.69 Å². The van der Waals surface area contributed by atoms with Crippen LogP contribution in [0, 0.1) is 13.8 Å². The van der Waals surface area contributed by atoms with Crippen LogP contribution in [0.3, 0.4) is 0 Å². The fourth-order valence-electron chi connectivity index (χ4n) is 2.44.